The molecule has 0 unspecified atom stereocenters. The van der Waals surface area contributed by atoms with Crippen molar-refractivity contribution in [1.82, 2.24) is 0 Å². The van der Waals surface area contributed by atoms with E-state index in [1.807, 2.05) is 24.3 Å². The molecule has 0 aliphatic rings. The van der Waals surface area contributed by atoms with Crippen LogP contribution >= 0.6 is 15.9 Å². The van der Waals surface area contributed by atoms with Crippen molar-refractivity contribution in [2.24, 2.45) is 0 Å². The Bertz CT molecular complexity index is 791. The molecule has 0 heterocycles. The fourth-order valence-corrected chi connectivity index (χ4v) is 2.79. The zero-order valence-corrected chi connectivity index (χ0v) is 13.7. The minimum Gasteiger partial charge on any atom is -0.289 e. The van der Waals surface area contributed by atoms with Gasteiger partial charge in [-0.25, -0.2) is 8.42 Å². The number of sulfone groups is 1. The van der Waals surface area contributed by atoms with Crippen molar-refractivity contribution in [3.8, 4) is 0 Å². The number of hydrogen-bond donors (Lipinski definition) is 0. The van der Waals surface area contributed by atoms with E-state index in [9.17, 15) is 13.2 Å². The highest BCUT2D eigenvalue weighted by molar-refractivity contribution is 9.10. The predicted octanol–water partition coefficient (Wildman–Crippen LogP) is 3.75. The van der Waals surface area contributed by atoms with Gasteiger partial charge in [0.1, 0.15) is 0 Å². The molecule has 0 fully saturated rings. The molecule has 2 aromatic carbocycles. The SMILES string of the molecule is CS(=O)(=O)c1ccc(C(=O)/C=C/c2cccc(Br)c2)cc1. The molecule has 0 bridgehead atoms. The van der Waals surface area contributed by atoms with E-state index in [1.54, 1.807) is 6.08 Å². The number of halogens is 1. The maximum Gasteiger partial charge on any atom is 0.185 e. The smallest absolute Gasteiger partial charge is 0.185 e. The Morgan fingerprint density at radius 3 is 2.33 bits per heavy atom. The molecule has 0 aliphatic heterocycles. The summed E-state index contributed by atoms with van der Waals surface area (Å²) in [6, 6.07) is 13.5. The van der Waals surface area contributed by atoms with Gasteiger partial charge in [0, 0.05) is 16.3 Å². The lowest BCUT2D eigenvalue weighted by Gasteiger charge is -2.00. The zero-order valence-electron chi connectivity index (χ0n) is 11.3. The van der Waals surface area contributed by atoms with Gasteiger partial charge in [-0.2, -0.15) is 0 Å². The number of benzene rings is 2. The Morgan fingerprint density at radius 1 is 1.10 bits per heavy atom. The zero-order chi connectivity index (χ0) is 15.5. The van der Waals surface area contributed by atoms with Crippen LogP contribution < -0.4 is 0 Å². The Hall–Kier alpha value is -1.72. The summed E-state index contributed by atoms with van der Waals surface area (Å²) >= 11 is 3.36. The molecule has 2 aromatic rings. The van der Waals surface area contributed by atoms with Crippen molar-refractivity contribution in [2.45, 2.75) is 4.90 Å². The van der Waals surface area contributed by atoms with Crippen LogP contribution in [0.3, 0.4) is 0 Å². The van der Waals surface area contributed by atoms with Gasteiger partial charge >= 0.3 is 0 Å². The molecule has 0 saturated carbocycles. The van der Waals surface area contributed by atoms with Gasteiger partial charge in [0.05, 0.1) is 4.90 Å². The van der Waals surface area contributed by atoms with Crippen LogP contribution in [0.1, 0.15) is 15.9 Å². The van der Waals surface area contributed by atoms with Gasteiger partial charge in [0.25, 0.3) is 0 Å². The summed E-state index contributed by atoms with van der Waals surface area (Å²) in [6.45, 7) is 0. The average Bonchev–Trinajstić information content (AvgIpc) is 2.44. The summed E-state index contributed by atoms with van der Waals surface area (Å²) < 4.78 is 23.6. The molecule has 0 amide bonds. The molecule has 0 aliphatic carbocycles. The highest BCUT2D eigenvalue weighted by atomic mass is 79.9. The molecule has 0 saturated heterocycles. The number of hydrogen-bond acceptors (Lipinski definition) is 3. The molecule has 2 rings (SSSR count). The average molecular weight is 365 g/mol. The van der Waals surface area contributed by atoms with E-state index in [2.05, 4.69) is 15.9 Å². The summed E-state index contributed by atoms with van der Waals surface area (Å²) in [7, 11) is -3.24. The first-order valence-corrected chi connectivity index (χ1v) is 8.83. The minimum atomic E-state index is -3.24. The Kier molecular flexibility index (Phi) is 4.75. The molecule has 3 nitrogen and oxygen atoms in total. The number of rotatable bonds is 4. The quantitative estimate of drug-likeness (QED) is 0.613. The second kappa shape index (κ2) is 6.37. The molecule has 0 radical (unpaired) electrons. The van der Waals surface area contributed by atoms with Crippen LogP contribution in [0.2, 0.25) is 0 Å². The van der Waals surface area contributed by atoms with Gasteiger partial charge in [-0.3, -0.25) is 4.79 Å². The third-order valence-corrected chi connectivity index (χ3v) is 4.46. The number of allylic oxidation sites excluding steroid dienone is 1. The fourth-order valence-electron chi connectivity index (χ4n) is 1.74. The van der Waals surface area contributed by atoms with E-state index in [0.717, 1.165) is 16.3 Å². The molecular formula is C16H13BrO3S. The lowest BCUT2D eigenvalue weighted by atomic mass is 10.1. The summed E-state index contributed by atoms with van der Waals surface area (Å²) in [5.74, 6) is -0.171. The van der Waals surface area contributed by atoms with Gasteiger partial charge in [-0.15, -0.1) is 0 Å². The Labute approximate surface area is 132 Å². The van der Waals surface area contributed by atoms with Gasteiger partial charge in [-0.05, 0) is 48.0 Å². The highest BCUT2D eigenvalue weighted by Gasteiger charge is 2.08. The molecule has 108 valence electrons. The Morgan fingerprint density at radius 2 is 1.76 bits per heavy atom. The van der Waals surface area contributed by atoms with Crippen LogP contribution in [0.25, 0.3) is 6.08 Å². The summed E-state index contributed by atoms with van der Waals surface area (Å²) in [6.07, 6.45) is 4.33. The number of ketones is 1. The normalized spacial score (nSPS) is 11.7. The molecule has 0 spiro atoms. The van der Waals surface area contributed by atoms with Crippen molar-refractivity contribution in [3.63, 3.8) is 0 Å². The summed E-state index contributed by atoms with van der Waals surface area (Å²) in [5, 5.41) is 0. The molecule has 0 aromatic heterocycles. The first-order chi connectivity index (χ1) is 9.86. The summed E-state index contributed by atoms with van der Waals surface area (Å²) in [5.41, 5.74) is 1.36. The van der Waals surface area contributed by atoms with E-state index < -0.39 is 9.84 Å². The summed E-state index contributed by atoms with van der Waals surface area (Å²) in [4.78, 5) is 12.2. The van der Waals surface area contributed by atoms with Crippen molar-refractivity contribution >= 4 is 37.6 Å². The maximum absolute atomic E-state index is 12.0. The van der Waals surface area contributed by atoms with Crippen LogP contribution in [0.15, 0.2) is 64.0 Å². The van der Waals surface area contributed by atoms with Crippen LogP contribution in [-0.4, -0.2) is 20.5 Å². The van der Waals surface area contributed by atoms with Gasteiger partial charge in [0.15, 0.2) is 15.6 Å². The number of carbonyl (C=O) groups is 1. The van der Waals surface area contributed by atoms with E-state index in [4.69, 9.17) is 0 Å². The monoisotopic (exact) mass is 364 g/mol. The molecule has 5 heteroatoms. The second-order valence-electron chi connectivity index (χ2n) is 4.55. The largest absolute Gasteiger partial charge is 0.289 e. The van der Waals surface area contributed by atoms with Crippen molar-refractivity contribution < 1.29 is 13.2 Å². The number of carbonyl (C=O) groups excluding carboxylic acids is 1. The highest BCUT2D eigenvalue weighted by Crippen LogP contribution is 2.14. The topological polar surface area (TPSA) is 51.2 Å². The van der Waals surface area contributed by atoms with E-state index in [-0.39, 0.29) is 10.7 Å². The van der Waals surface area contributed by atoms with Crippen molar-refractivity contribution in [1.29, 1.82) is 0 Å². The predicted molar refractivity (Wildman–Crippen MR) is 87.1 cm³/mol. The fraction of sp³-hybridized carbons (Fsp3) is 0.0625. The third kappa shape index (κ3) is 4.37. The first kappa shape index (κ1) is 15.7. The standard InChI is InChI=1S/C16H13BrO3S/c1-21(19,20)15-8-6-13(7-9-15)16(18)10-5-12-3-2-4-14(17)11-12/h2-11H,1H3/b10-5+. The minimum absolute atomic E-state index is 0.171. The van der Waals surface area contributed by atoms with Crippen molar-refractivity contribution in [3.05, 3.63) is 70.2 Å². The lowest BCUT2D eigenvalue weighted by Crippen LogP contribution is -1.99. The van der Waals surface area contributed by atoms with Gasteiger partial charge in [0.2, 0.25) is 0 Å². The van der Waals surface area contributed by atoms with Crippen LogP contribution in [0.5, 0.6) is 0 Å². The molecule has 21 heavy (non-hydrogen) atoms. The molecule has 0 N–H and O–H groups in total. The van der Waals surface area contributed by atoms with Crippen LogP contribution in [0, 0.1) is 0 Å². The molecule has 0 atom stereocenters. The Balaban J connectivity index is 2.17. The first-order valence-electron chi connectivity index (χ1n) is 6.14. The van der Waals surface area contributed by atoms with Gasteiger partial charge < -0.3 is 0 Å². The van der Waals surface area contributed by atoms with Gasteiger partial charge in [-0.1, -0.05) is 34.1 Å². The maximum atomic E-state index is 12.0. The van der Waals surface area contributed by atoms with Crippen LogP contribution in [-0.2, 0) is 9.84 Å². The van der Waals surface area contributed by atoms with E-state index in [0.29, 0.717) is 5.56 Å². The molecular weight excluding hydrogens is 352 g/mol. The van der Waals surface area contributed by atoms with E-state index in [1.165, 1.54) is 30.3 Å². The third-order valence-electron chi connectivity index (χ3n) is 2.84. The van der Waals surface area contributed by atoms with Crippen LogP contribution in [0.4, 0.5) is 0 Å². The van der Waals surface area contributed by atoms with Crippen molar-refractivity contribution in [2.75, 3.05) is 6.26 Å². The second-order valence-corrected chi connectivity index (χ2v) is 7.48. The lowest BCUT2D eigenvalue weighted by molar-refractivity contribution is 0.104. The van der Waals surface area contributed by atoms with E-state index >= 15 is 0 Å².